The minimum atomic E-state index is -0.462. The fourth-order valence-electron chi connectivity index (χ4n) is 2.50. The van der Waals surface area contributed by atoms with E-state index < -0.39 is 5.91 Å². The van der Waals surface area contributed by atoms with E-state index in [0.717, 1.165) is 27.8 Å². The fraction of sp³-hybridized carbons (Fsp3) is 0.0556. The van der Waals surface area contributed by atoms with Crippen LogP contribution >= 0.6 is 0 Å². The summed E-state index contributed by atoms with van der Waals surface area (Å²) in [5.41, 5.74) is 15.3. The summed E-state index contributed by atoms with van der Waals surface area (Å²) in [7, 11) is 1.63. The second kappa shape index (κ2) is 5.88. The maximum atomic E-state index is 11.3. The van der Waals surface area contributed by atoms with Gasteiger partial charge >= 0.3 is 0 Å². The Morgan fingerprint density at radius 3 is 2.74 bits per heavy atom. The number of aromatic amines is 1. The topological polar surface area (TPSA) is 94.1 Å². The zero-order chi connectivity index (χ0) is 16.4. The number of nitrogens with one attached hydrogen (secondary N) is 1. The van der Waals surface area contributed by atoms with Gasteiger partial charge in [0, 0.05) is 33.9 Å². The number of rotatable bonds is 4. The van der Waals surface area contributed by atoms with Gasteiger partial charge in [-0.05, 0) is 42.0 Å². The van der Waals surface area contributed by atoms with Crippen molar-refractivity contribution in [3.8, 4) is 5.75 Å². The molecule has 0 atom stereocenters. The number of carbonyl (C=O) groups is 1. The Kier molecular flexibility index (Phi) is 3.76. The van der Waals surface area contributed by atoms with Gasteiger partial charge in [-0.1, -0.05) is 12.1 Å². The summed E-state index contributed by atoms with van der Waals surface area (Å²) in [5.74, 6) is 0.303. The van der Waals surface area contributed by atoms with Crippen molar-refractivity contribution in [2.45, 2.75) is 0 Å². The Morgan fingerprint density at radius 2 is 2.00 bits per heavy atom. The van der Waals surface area contributed by atoms with Crippen molar-refractivity contribution < 1.29 is 9.53 Å². The van der Waals surface area contributed by atoms with Gasteiger partial charge in [0.25, 0.3) is 0 Å². The van der Waals surface area contributed by atoms with Crippen LogP contribution < -0.4 is 16.2 Å². The van der Waals surface area contributed by atoms with Crippen molar-refractivity contribution in [1.82, 2.24) is 4.98 Å². The number of H-pyrrole nitrogens is 1. The largest absolute Gasteiger partial charge is 0.497 e. The molecule has 0 bridgehead atoms. The lowest BCUT2D eigenvalue weighted by molar-refractivity contribution is 0.100. The van der Waals surface area contributed by atoms with Gasteiger partial charge in [0.2, 0.25) is 5.91 Å². The maximum absolute atomic E-state index is 11.3. The zero-order valence-electron chi connectivity index (χ0n) is 12.7. The second-order valence-electron chi connectivity index (χ2n) is 5.20. The number of carbonyl (C=O) groups excluding carboxylic acids is 1. The predicted octanol–water partition coefficient (Wildman–Crippen LogP) is 2.73. The first-order valence-corrected chi connectivity index (χ1v) is 7.11. The van der Waals surface area contributed by atoms with Crippen molar-refractivity contribution in [3.63, 3.8) is 0 Å². The molecule has 0 spiro atoms. The third kappa shape index (κ3) is 2.89. The van der Waals surface area contributed by atoms with Crippen LogP contribution in [-0.4, -0.2) is 18.0 Å². The van der Waals surface area contributed by atoms with Gasteiger partial charge in [-0.15, -0.1) is 0 Å². The average Bonchev–Trinajstić information content (AvgIpc) is 2.98. The van der Waals surface area contributed by atoms with Crippen LogP contribution in [0.5, 0.6) is 5.75 Å². The molecule has 3 rings (SSSR count). The minimum absolute atomic E-state index is 0.451. The molecule has 2 aromatic carbocycles. The van der Waals surface area contributed by atoms with Crippen LogP contribution in [0.3, 0.4) is 0 Å². The second-order valence-corrected chi connectivity index (χ2v) is 5.20. The lowest BCUT2D eigenvalue weighted by Gasteiger charge is -2.04. The molecule has 5 nitrogen and oxygen atoms in total. The number of aromatic nitrogens is 1. The van der Waals surface area contributed by atoms with Crippen LogP contribution in [-0.2, 0) is 0 Å². The number of ether oxygens (including phenoxy) is 1. The lowest BCUT2D eigenvalue weighted by atomic mass is 10.1. The van der Waals surface area contributed by atoms with Crippen molar-refractivity contribution in [2.75, 3.05) is 7.11 Å². The molecular formula is C18H17N3O2. The number of methoxy groups -OCH3 is 1. The molecule has 0 unspecified atom stereocenters. The molecule has 0 aliphatic rings. The zero-order valence-corrected chi connectivity index (χ0v) is 12.7. The molecule has 1 aromatic heterocycles. The highest BCUT2D eigenvalue weighted by Crippen LogP contribution is 2.27. The van der Waals surface area contributed by atoms with Crippen molar-refractivity contribution >= 4 is 28.6 Å². The van der Waals surface area contributed by atoms with E-state index in [0.29, 0.717) is 11.3 Å². The molecule has 116 valence electrons. The number of primary amides is 1. The summed E-state index contributed by atoms with van der Waals surface area (Å²) in [6, 6.07) is 12.8. The van der Waals surface area contributed by atoms with Gasteiger partial charge in [-0.2, -0.15) is 0 Å². The maximum Gasteiger partial charge on any atom is 0.248 e. The van der Waals surface area contributed by atoms with Crippen LogP contribution in [0.15, 0.2) is 48.7 Å². The van der Waals surface area contributed by atoms with Gasteiger partial charge < -0.3 is 21.2 Å². The van der Waals surface area contributed by atoms with Crippen molar-refractivity contribution in [1.29, 1.82) is 0 Å². The molecular weight excluding hydrogens is 290 g/mol. The molecule has 5 N–H and O–H groups in total. The predicted molar refractivity (Wildman–Crippen MR) is 91.9 cm³/mol. The number of fused-ring (bicyclic) bond motifs is 1. The third-order valence-corrected chi connectivity index (χ3v) is 3.69. The van der Waals surface area contributed by atoms with Gasteiger partial charge in [0.15, 0.2) is 0 Å². The Bertz CT molecular complexity index is 910. The Hall–Kier alpha value is -3.21. The molecule has 0 radical (unpaired) electrons. The number of benzene rings is 2. The lowest BCUT2D eigenvalue weighted by Crippen LogP contribution is -2.10. The van der Waals surface area contributed by atoms with Crippen LogP contribution in [0.1, 0.15) is 21.5 Å². The van der Waals surface area contributed by atoms with E-state index in [1.54, 1.807) is 25.3 Å². The highest BCUT2D eigenvalue weighted by molar-refractivity contribution is 5.97. The summed E-state index contributed by atoms with van der Waals surface area (Å²) >= 11 is 0. The first-order chi connectivity index (χ1) is 11.1. The first-order valence-electron chi connectivity index (χ1n) is 7.11. The van der Waals surface area contributed by atoms with Gasteiger partial charge in [-0.3, -0.25) is 4.79 Å². The van der Waals surface area contributed by atoms with Crippen LogP contribution in [0.25, 0.3) is 22.7 Å². The Morgan fingerprint density at radius 1 is 1.17 bits per heavy atom. The summed E-state index contributed by atoms with van der Waals surface area (Å²) in [6.45, 7) is 0. The first kappa shape index (κ1) is 14.7. The summed E-state index contributed by atoms with van der Waals surface area (Å²) < 4.78 is 5.26. The number of amides is 1. The van der Waals surface area contributed by atoms with Gasteiger partial charge in [-0.25, -0.2) is 0 Å². The molecule has 0 saturated heterocycles. The quantitative estimate of drug-likeness (QED) is 0.691. The Labute approximate surface area is 133 Å². The summed E-state index contributed by atoms with van der Waals surface area (Å²) in [5, 5.41) is 0.976. The van der Waals surface area contributed by atoms with E-state index in [4.69, 9.17) is 16.2 Å². The summed E-state index contributed by atoms with van der Waals surface area (Å²) in [6.07, 6.45) is 3.67. The van der Waals surface area contributed by atoms with E-state index in [1.165, 1.54) is 0 Å². The van der Waals surface area contributed by atoms with Gasteiger partial charge in [0.1, 0.15) is 5.75 Å². The van der Waals surface area contributed by atoms with E-state index in [2.05, 4.69) is 4.98 Å². The molecule has 1 amide bonds. The number of hydrogen-bond donors (Lipinski definition) is 3. The smallest absolute Gasteiger partial charge is 0.248 e. The van der Waals surface area contributed by atoms with Crippen LogP contribution in [0.4, 0.5) is 0 Å². The minimum Gasteiger partial charge on any atom is -0.497 e. The SMILES string of the molecule is COc1ccc2[nH]cc(/C(N)=C/c3cccc(C(N)=O)c3)c2c1. The van der Waals surface area contributed by atoms with E-state index >= 15 is 0 Å². The van der Waals surface area contributed by atoms with Crippen molar-refractivity contribution in [2.24, 2.45) is 11.5 Å². The molecule has 5 heteroatoms. The molecule has 0 aliphatic carbocycles. The standard InChI is InChI=1S/C18H17N3O2/c1-23-13-5-6-17-14(9-13)15(10-21-17)16(19)8-11-3-2-4-12(7-11)18(20)22/h2-10,21H,19H2,1H3,(H2,20,22)/b16-8-. The molecule has 3 aromatic rings. The monoisotopic (exact) mass is 307 g/mol. The number of hydrogen-bond acceptors (Lipinski definition) is 3. The molecule has 0 saturated carbocycles. The fourth-order valence-corrected chi connectivity index (χ4v) is 2.50. The average molecular weight is 307 g/mol. The third-order valence-electron chi connectivity index (χ3n) is 3.69. The molecule has 0 aliphatic heterocycles. The van der Waals surface area contributed by atoms with E-state index in [1.807, 2.05) is 36.5 Å². The van der Waals surface area contributed by atoms with Crippen LogP contribution in [0, 0.1) is 0 Å². The van der Waals surface area contributed by atoms with E-state index in [-0.39, 0.29) is 0 Å². The highest BCUT2D eigenvalue weighted by Gasteiger charge is 2.08. The molecule has 23 heavy (non-hydrogen) atoms. The normalized spacial score (nSPS) is 11.6. The molecule has 1 heterocycles. The van der Waals surface area contributed by atoms with Gasteiger partial charge in [0.05, 0.1) is 7.11 Å². The highest BCUT2D eigenvalue weighted by atomic mass is 16.5. The molecule has 0 fully saturated rings. The summed E-state index contributed by atoms with van der Waals surface area (Å²) in [4.78, 5) is 14.4. The van der Waals surface area contributed by atoms with Crippen molar-refractivity contribution in [3.05, 3.63) is 65.4 Å². The van der Waals surface area contributed by atoms with Crippen LogP contribution in [0.2, 0.25) is 0 Å². The number of nitrogens with two attached hydrogens (primary N) is 2. The Balaban J connectivity index is 2.04. The van der Waals surface area contributed by atoms with E-state index in [9.17, 15) is 4.79 Å².